The molecule has 128 valence electrons. The van der Waals surface area contributed by atoms with Crippen molar-refractivity contribution in [2.24, 2.45) is 0 Å². The van der Waals surface area contributed by atoms with Gasteiger partial charge >= 0.3 is 5.91 Å². The van der Waals surface area contributed by atoms with Crippen LogP contribution in [0.15, 0.2) is 52.9 Å². The monoisotopic (exact) mass is 337 g/mol. The Morgan fingerprint density at radius 3 is 2.56 bits per heavy atom. The van der Waals surface area contributed by atoms with E-state index in [4.69, 9.17) is 9.15 Å². The summed E-state index contributed by atoms with van der Waals surface area (Å²) in [5.41, 5.74) is 2.03. The third kappa shape index (κ3) is 3.01. The van der Waals surface area contributed by atoms with Crippen LogP contribution < -0.4 is 9.64 Å². The molecule has 0 unspecified atom stereocenters. The Labute approximate surface area is 145 Å². The lowest BCUT2D eigenvalue weighted by atomic mass is 10.1. The van der Waals surface area contributed by atoms with E-state index in [9.17, 15) is 9.59 Å². The molecule has 0 bridgehead atoms. The van der Waals surface area contributed by atoms with Crippen LogP contribution in [0.2, 0.25) is 0 Å². The van der Waals surface area contributed by atoms with Gasteiger partial charge in [0.1, 0.15) is 11.3 Å². The number of carbonyl (C=O) groups is 2. The van der Waals surface area contributed by atoms with Gasteiger partial charge in [0, 0.05) is 13.0 Å². The van der Waals surface area contributed by atoms with Crippen LogP contribution in [0.3, 0.4) is 0 Å². The zero-order chi connectivity index (χ0) is 18.0. The number of carbonyl (C=O) groups excluding carboxylic acids is 2. The smallest absolute Gasteiger partial charge is 0.300 e. The zero-order valence-electron chi connectivity index (χ0n) is 14.4. The van der Waals surface area contributed by atoms with Crippen molar-refractivity contribution in [1.82, 2.24) is 0 Å². The SMILES string of the molecule is CCc1ccccc1N(C(C)=O)C(=O)c1cc2c(OC)cccc2o1. The Morgan fingerprint density at radius 1 is 1.12 bits per heavy atom. The van der Waals surface area contributed by atoms with E-state index < -0.39 is 5.91 Å². The van der Waals surface area contributed by atoms with Crippen molar-refractivity contribution in [2.75, 3.05) is 12.0 Å². The fourth-order valence-electron chi connectivity index (χ4n) is 2.88. The number of nitrogens with zero attached hydrogens (tertiary/aromatic N) is 1. The highest BCUT2D eigenvalue weighted by Crippen LogP contribution is 2.30. The molecule has 2 aromatic carbocycles. The van der Waals surface area contributed by atoms with Crippen molar-refractivity contribution in [3.05, 3.63) is 59.9 Å². The Balaban J connectivity index is 2.09. The van der Waals surface area contributed by atoms with E-state index in [2.05, 4.69) is 0 Å². The highest BCUT2D eigenvalue weighted by atomic mass is 16.5. The maximum atomic E-state index is 13.0. The predicted octanol–water partition coefficient (Wildman–Crippen LogP) is 4.20. The third-order valence-electron chi connectivity index (χ3n) is 4.08. The molecule has 0 aliphatic heterocycles. The average molecular weight is 337 g/mol. The molecule has 0 aliphatic carbocycles. The fraction of sp³-hybridized carbons (Fsp3) is 0.200. The van der Waals surface area contributed by atoms with Crippen LogP contribution in [-0.2, 0) is 11.2 Å². The van der Waals surface area contributed by atoms with Gasteiger partial charge in [-0.3, -0.25) is 9.59 Å². The maximum absolute atomic E-state index is 13.0. The molecule has 2 amide bonds. The number of furan rings is 1. The molecule has 0 aliphatic rings. The first kappa shape index (κ1) is 16.8. The van der Waals surface area contributed by atoms with Gasteiger partial charge in [0.2, 0.25) is 5.91 Å². The minimum atomic E-state index is -0.494. The molecule has 0 N–H and O–H groups in total. The van der Waals surface area contributed by atoms with Crippen LogP contribution in [-0.4, -0.2) is 18.9 Å². The van der Waals surface area contributed by atoms with Crippen LogP contribution in [0.5, 0.6) is 5.75 Å². The van der Waals surface area contributed by atoms with E-state index in [0.717, 1.165) is 10.5 Å². The van der Waals surface area contributed by atoms with E-state index in [0.29, 0.717) is 28.8 Å². The van der Waals surface area contributed by atoms with Gasteiger partial charge in [-0.05, 0) is 30.2 Å². The molecule has 1 heterocycles. The van der Waals surface area contributed by atoms with E-state index in [-0.39, 0.29) is 11.7 Å². The molecule has 0 radical (unpaired) electrons. The molecular weight excluding hydrogens is 318 g/mol. The number of fused-ring (bicyclic) bond motifs is 1. The second kappa shape index (κ2) is 6.81. The number of methoxy groups -OCH3 is 1. The summed E-state index contributed by atoms with van der Waals surface area (Å²) in [6.07, 6.45) is 0.710. The first-order valence-electron chi connectivity index (χ1n) is 8.06. The number of hydrogen-bond acceptors (Lipinski definition) is 4. The van der Waals surface area contributed by atoms with E-state index in [1.165, 1.54) is 6.92 Å². The summed E-state index contributed by atoms with van der Waals surface area (Å²) >= 11 is 0. The van der Waals surface area contributed by atoms with E-state index >= 15 is 0 Å². The molecule has 0 spiro atoms. The molecule has 5 nitrogen and oxygen atoms in total. The second-order valence-electron chi connectivity index (χ2n) is 5.62. The van der Waals surface area contributed by atoms with E-state index in [1.54, 1.807) is 43.5 Å². The highest BCUT2D eigenvalue weighted by Gasteiger charge is 2.27. The standard InChI is InChI=1S/C20H19NO4/c1-4-14-8-5-6-9-16(14)21(13(2)22)20(23)19-12-15-17(24-3)10-7-11-18(15)25-19/h5-12H,4H2,1-3H3. The first-order chi connectivity index (χ1) is 12.1. The number of ether oxygens (including phenoxy) is 1. The van der Waals surface area contributed by atoms with Crippen molar-refractivity contribution in [1.29, 1.82) is 0 Å². The normalized spacial score (nSPS) is 10.7. The Kier molecular flexibility index (Phi) is 4.57. The average Bonchev–Trinajstić information content (AvgIpc) is 3.06. The van der Waals surface area contributed by atoms with Crippen LogP contribution in [0.4, 0.5) is 5.69 Å². The minimum Gasteiger partial charge on any atom is -0.496 e. The molecule has 0 fully saturated rings. The molecule has 3 rings (SSSR count). The summed E-state index contributed by atoms with van der Waals surface area (Å²) in [7, 11) is 1.56. The Morgan fingerprint density at radius 2 is 1.88 bits per heavy atom. The number of anilines is 1. The van der Waals surface area contributed by atoms with Crippen molar-refractivity contribution in [3.63, 3.8) is 0 Å². The second-order valence-corrected chi connectivity index (χ2v) is 5.62. The summed E-state index contributed by atoms with van der Waals surface area (Å²) in [5.74, 6) is -0.144. The van der Waals surface area contributed by atoms with Crippen LogP contribution in [0.25, 0.3) is 11.0 Å². The Hall–Kier alpha value is -3.08. The van der Waals surface area contributed by atoms with Crippen LogP contribution in [0.1, 0.15) is 30.0 Å². The predicted molar refractivity (Wildman–Crippen MR) is 96.1 cm³/mol. The quantitative estimate of drug-likeness (QED) is 0.716. The molecule has 25 heavy (non-hydrogen) atoms. The summed E-state index contributed by atoms with van der Waals surface area (Å²) in [6.45, 7) is 3.35. The van der Waals surface area contributed by atoms with Crippen molar-refractivity contribution in [2.45, 2.75) is 20.3 Å². The summed E-state index contributed by atoms with van der Waals surface area (Å²) < 4.78 is 11.0. The highest BCUT2D eigenvalue weighted by molar-refractivity contribution is 6.20. The topological polar surface area (TPSA) is 59.8 Å². The molecule has 0 saturated heterocycles. The minimum absolute atomic E-state index is 0.0978. The van der Waals surface area contributed by atoms with Gasteiger partial charge in [-0.1, -0.05) is 31.2 Å². The number of amides is 2. The largest absolute Gasteiger partial charge is 0.496 e. The number of para-hydroxylation sites is 1. The molecule has 1 aromatic heterocycles. The first-order valence-corrected chi connectivity index (χ1v) is 8.06. The molecule has 3 aromatic rings. The van der Waals surface area contributed by atoms with Gasteiger partial charge in [0.05, 0.1) is 18.2 Å². The van der Waals surface area contributed by atoms with Gasteiger partial charge in [0.25, 0.3) is 0 Å². The molecule has 5 heteroatoms. The lowest BCUT2D eigenvalue weighted by molar-refractivity contribution is -0.116. The van der Waals surface area contributed by atoms with Crippen molar-refractivity contribution in [3.8, 4) is 5.75 Å². The van der Waals surface area contributed by atoms with Gasteiger partial charge in [0.15, 0.2) is 5.76 Å². The van der Waals surface area contributed by atoms with Crippen molar-refractivity contribution < 1.29 is 18.7 Å². The van der Waals surface area contributed by atoms with Crippen molar-refractivity contribution >= 4 is 28.5 Å². The molecular formula is C20H19NO4. The van der Waals surface area contributed by atoms with Crippen LogP contribution >= 0.6 is 0 Å². The molecule has 0 saturated carbocycles. The maximum Gasteiger partial charge on any atom is 0.300 e. The molecule has 0 atom stereocenters. The summed E-state index contributed by atoms with van der Waals surface area (Å²) in [4.78, 5) is 26.4. The third-order valence-corrected chi connectivity index (χ3v) is 4.08. The zero-order valence-corrected chi connectivity index (χ0v) is 14.4. The summed E-state index contributed by atoms with van der Waals surface area (Å²) in [6, 6.07) is 14.3. The van der Waals surface area contributed by atoms with Gasteiger partial charge in [-0.15, -0.1) is 0 Å². The number of rotatable bonds is 4. The lowest BCUT2D eigenvalue weighted by Crippen LogP contribution is -2.35. The number of hydrogen-bond donors (Lipinski definition) is 0. The van der Waals surface area contributed by atoms with Gasteiger partial charge in [-0.25, -0.2) is 4.90 Å². The van der Waals surface area contributed by atoms with E-state index in [1.807, 2.05) is 19.1 Å². The number of imide groups is 1. The van der Waals surface area contributed by atoms with Gasteiger partial charge < -0.3 is 9.15 Å². The Bertz CT molecular complexity index is 942. The lowest BCUT2D eigenvalue weighted by Gasteiger charge is -2.20. The number of aryl methyl sites for hydroxylation is 1. The fourth-order valence-corrected chi connectivity index (χ4v) is 2.88. The summed E-state index contributed by atoms with van der Waals surface area (Å²) in [5, 5.41) is 0.695. The number of benzene rings is 2. The van der Waals surface area contributed by atoms with Gasteiger partial charge in [-0.2, -0.15) is 0 Å². The van der Waals surface area contributed by atoms with Crippen LogP contribution in [0, 0.1) is 0 Å².